The number of aryl methyl sites for hydroxylation is 1. The maximum atomic E-state index is 14.0. The Labute approximate surface area is 165 Å². The summed E-state index contributed by atoms with van der Waals surface area (Å²) in [7, 11) is 0. The van der Waals surface area contributed by atoms with Gasteiger partial charge >= 0.3 is 0 Å². The molecule has 6 heteroatoms. The van der Waals surface area contributed by atoms with E-state index in [1.54, 1.807) is 12.3 Å². The van der Waals surface area contributed by atoms with Crippen LogP contribution in [0.4, 0.5) is 15.8 Å². The van der Waals surface area contributed by atoms with Crippen LogP contribution in [0.3, 0.4) is 0 Å². The molecule has 0 atom stereocenters. The molecule has 1 fully saturated rings. The topological polar surface area (TPSA) is 45.2 Å². The van der Waals surface area contributed by atoms with Crippen LogP contribution in [0.5, 0.6) is 0 Å². The highest BCUT2D eigenvalue weighted by Gasteiger charge is 2.24. The van der Waals surface area contributed by atoms with E-state index < -0.39 is 0 Å². The molecular weight excluding hydrogens is 409 g/mol. The van der Waals surface area contributed by atoms with E-state index >= 15 is 0 Å². The smallest absolute Gasteiger partial charge is 0.257 e. The van der Waals surface area contributed by atoms with Gasteiger partial charge in [-0.3, -0.25) is 9.78 Å². The van der Waals surface area contributed by atoms with Crippen molar-refractivity contribution in [2.45, 2.75) is 19.8 Å². The van der Waals surface area contributed by atoms with Crippen molar-refractivity contribution in [2.24, 2.45) is 0 Å². The van der Waals surface area contributed by atoms with Crippen LogP contribution in [0.2, 0.25) is 0 Å². The molecule has 4 nitrogen and oxygen atoms in total. The minimum atomic E-state index is -0.360. The van der Waals surface area contributed by atoms with Crippen molar-refractivity contribution >= 4 is 44.1 Å². The van der Waals surface area contributed by atoms with E-state index in [4.69, 9.17) is 0 Å². The first-order chi connectivity index (χ1) is 13.0. The van der Waals surface area contributed by atoms with Gasteiger partial charge in [-0.15, -0.1) is 0 Å². The molecular formula is C21H19BrFN3O. The second-order valence-electron chi connectivity index (χ2n) is 6.82. The summed E-state index contributed by atoms with van der Waals surface area (Å²) in [6, 6.07) is 10.4. The summed E-state index contributed by atoms with van der Waals surface area (Å²) in [5, 5.41) is 3.93. The van der Waals surface area contributed by atoms with Gasteiger partial charge in [-0.05, 0) is 71.6 Å². The molecule has 4 rings (SSSR count). The zero-order chi connectivity index (χ0) is 19.0. The predicted octanol–water partition coefficient (Wildman–Crippen LogP) is 5.42. The maximum absolute atomic E-state index is 14.0. The minimum Gasteiger partial charge on any atom is -0.353 e. The molecule has 0 spiro atoms. The highest BCUT2D eigenvalue weighted by atomic mass is 79.9. The quantitative estimate of drug-likeness (QED) is 0.606. The van der Waals surface area contributed by atoms with Crippen LogP contribution in [-0.4, -0.2) is 28.9 Å². The number of hydrogen-bond acceptors (Lipinski definition) is 3. The molecule has 2 heterocycles. The van der Waals surface area contributed by atoms with Gasteiger partial charge in [0.1, 0.15) is 5.82 Å². The molecule has 27 heavy (non-hydrogen) atoms. The van der Waals surface area contributed by atoms with Gasteiger partial charge in [-0.1, -0.05) is 6.07 Å². The number of pyridine rings is 1. The van der Waals surface area contributed by atoms with E-state index in [0.717, 1.165) is 41.7 Å². The summed E-state index contributed by atoms with van der Waals surface area (Å²) in [5.41, 5.74) is 3.61. The average Bonchev–Trinajstić information content (AvgIpc) is 3.18. The highest BCUT2D eigenvalue weighted by molar-refractivity contribution is 9.10. The number of fused-ring (bicyclic) bond motifs is 1. The third kappa shape index (κ3) is 3.54. The second kappa shape index (κ2) is 7.27. The number of carbonyl (C=O) groups is 1. The van der Waals surface area contributed by atoms with Gasteiger partial charge in [0, 0.05) is 29.1 Å². The summed E-state index contributed by atoms with van der Waals surface area (Å²) in [6.07, 6.45) is 3.60. The molecule has 1 aliphatic rings. The molecule has 1 amide bonds. The number of anilines is 2. The molecule has 0 unspecified atom stereocenters. The van der Waals surface area contributed by atoms with E-state index in [2.05, 4.69) is 26.2 Å². The van der Waals surface area contributed by atoms with Crippen molar-refractivity contribution in [1.82, 2.24) is 9.88 Å². The zero-order valence-electron chi connectivity index (χ0n) is 14.9. The van der Waals surface area contributed by atoms with Crippen molar-refractivity contribution in [2.75, 3.05) is 18.4 Å². The largest absolute Gasteiger partial charge is 0.353 e. The summed E-state index contributed by atoms with van der Waals surface area (Å²) in [6.45, 7) is 3.50. The van der Waals surface area contributed by atoms with Crippen LogP contribution < -0.4 is 5.32 Å². The van der Waals surface area contributed by atoms with Crippen LogP contribution in [0, 0.1) is 12.7 Å². The van der Waals surface area contributed by atoms with Crippen molar-refractivity contribution in [3.63, 3.8) is 0 Å². The van der Waals surface area contributed by atoms with E-state index in [1.165, 1.54) is 12.1 Å². The fourth-order valence-electron chi connectivity index (χ4n) is 3.41. The third-order valence-electron chi connectivity index (χ3n) is 4.84. The fourth-order valence-corrected chi connectivity index (χ4v) is 4.00. The number of likely N-dealkylation sites (tertiary alicyclic amines) is 1. The molecule has 0 bridgehead atoms. The fraction of sp³-hybridized carbons (Fsp3) is 0.238. The molecule has 2 aromatic carbocycles. The monoisotopic (exact) mass is 427 g/mol. The average molecular weight is 428 g/mol. The first-order valence-corrected chi connectivity index (χ1v) is 9.73. The summed E-state index contributed by atoms with van der Waals surface area (Å²) in [5.74, 6) is -0.432. The number of benzene rings is 2. The molecule has 1 N–H and O–H groups in total. The van der Waals surface area contributed by atoms with E-state index in [1.807, 2.05) is 30.0 Å². The molecule has 0 saturated carbocycles. The Balaban J connectivity index is 1.87. The number of nitrogens with one attached hydrogen (secondary N) is 1. The van der Waals surface area contributed by atoms with E-state index in [0.29, 0.717) is 22.2 Å². The van der Waals surface area contributed by atoms with Gasteiger partial charge in [0.25, 0.3) is 5.91 Å². The maximum Gasteiger partial charge on any atom is 0.257 e. The van der Waals surface area contributed by atoms with Gasteiger partial charge in [-0.2, -0.15) is 0 Å². The van der Waals surface area contributed by atoms with Crippen molar-refractivity contribution in [3.8, 4) is 0 Å². The molecule has 1 saturated heterocycles. The minimum absolute atomic E-state index is 0.0723. The number of hydrogen-bond donors (Lipinski definition) is 1. The van der Waals surface area contributed by atoms with Crippen LogP contribution >= 0.6 is 15.9 Å². The molecule has 0 aliphatic carbocycles. The lowest BCUT2D eigenvalue weighted by Crippen LogP contribution is -2.28. The number of rotatable bonds is 3. The SMILES string of the molecule is Cc1ccc(Nc2c(C(=O)N3CCCC3)cnc3ccc(F)cc23)c(Br)c1. The van der Waals surface area contributed by atoms with Crippen LogP contribution in [0.1, 0.15) is 28.8 Å². The number of aromatic nitrogens is 1. The van der Waals surface area contributed by atoms with Crippen LogP contribution in [-0.2, 0) is 0 Å². The molecule has 1 aliphatic heterocycles. The number of nitrogens with zero attached hydrogens (tertiary/aromatic N) is 2. The van der Waals surface area contributed by atoms with Crippen molar-refractivity contribution < 1.29 is 9.18 Å². The predicted molar refractivity (Wildman–Crippen MR) is 109 cm³/mol. The Morgan fingerprint density at radius 1 is 1.19 bits per heavy atom. The molecule has 138 valence electrons. The lowest BCUT2D eigenvalue weighted by molar-refractivity contribution is 0.0793. The number of amides is 1. The van der Waals surface area contributed by atoms with Crippen molar-refractivity contribution in [1.29, 1.82) is 0 Å². The van der Waals surface area contributed by atoms with E-state index in [-0.39, 0.29) is 11.7 Å². The Kier molecular flexibility index (Phi) is 4.83. The summed E-state index contributed by atoms with van der Waals surface area (Å²) >= 11 is 3.56. The lowest BCUT2D eigenvalue weighted by atomic mass is 10.1. The van der Waals surface area contributed by atoms with Gasteiger partial charge in [-0.25, -0.2) is 4.39 Å². The first kappa shape index (κ1) is 17.9. The second-order valence-corrected chi connectivity index (χ2v) is 7.67. The Morgan fingerprint density at radius 2 is 1.96 bits per heavy atom. The zero-order valence-corrected chi connectivity index (χ0v) is 16.5. The highest BCUT2D eigenvalue weighted by Crippen LogP contribution is 2.34. The number of carbonyl (C=O) groups excluding carboxylic acids is 1. The normalized spacial score (nSPS) is 14.0. The van der Waals surface area contributed by atoms with Gasteiger partial charge in [0.2, 0.25) is 0 Å². The van der Waals surface area contributed by atoms with Gasteiger partial charge < -0.3 is 10.2 Å². The van der Waals surface area contributed by atoms with Gasteiger partial charge in [0.15, 0.2) is 0 Å². The van der Waals surface area contributed by atoms with E-state index in [9.17, 15) is 9.18 Å². The number of halogens is 2. The lowest BCUT2D eigenvalue weighted by Gasteiger charge is -2.20. The van der Waals surface area contributed by atoms with Gasteiger partial charge in [0.05, 0.1) is 22.5 Å². The van der Waals surface area contributed by atoms with Crippen LogP contribution in [0.25, 0.3) is 10.9 Å². The summed E-state index contributed by atoms with van der Waals surface area (Å²) in [4.78, 5) is 19.3. The standard InChI is InChI=1S/C21H19BrFN3O/c1-13-4-6-19(17(22)10-13)25-20-15-11-14(23)5-7-18(15)24-12-16(20)21(27)26-8-2-3-9-26/h4-7,10-12H,2-3,8-9H2,1H3,(H,24,25). The molecule has 3 aromatic rings. The molecule has 1 aromatic heterocycles. The van der Waals surface area contributed by atoms with Crippen LogP contribution in [0.15, 0.2) is 47.1 Å². The molecule has 0 radical (unpaired) electrons. The Hall–Kier alpha value is -2.47. The third-order valence-corrected chi connectivity index (χ3v) is 5.49. The van der Waals surface area contributed by atoms with Crippen molar-refractivity contribution in [3.05, 3.63) is 64.0 Å². The Bertz CT molecular complexity index is 1030. The summed E-state index contributed by atoms with van der Waals surface area (Å²) < 4.78 is 14.8. The first-order valence-electron chi connectivity index (χ1n) is 8.93. The Morgan fingerprint density at radius 3 is 2.70 bits per heavy atom.